The average Bonchev–Trinajstić information content (AvgIpc) is 2.74. The Labute approximate surface area is 101 Å². The fourth-order valence-corrected chi connectivity index (χ4v) is 1.58. The van der Waals surface area contributed by atoms with Gasteiger partial charge in [-0.15, -0.1) is 0 Å². The molecule has 0 saturated heterocycles. The van der Waals surface area contributed by atoms with Gasteiger partial charge in [0.15, 0.2) is 0 Å². The summed E-state index contributed by atoms with van der Waals surface area (Å²) in [6, 6.07) is 10.2. The number of benzene rings is 1. The summed E-state index contributed by atoms with van der Waals surface area (Å²) in [5.74, 6) is 5.84. The van der Waals surface area contributed by atoms with Crippen LogP contribution in [0.15, 0.2) is 36.5 Å². The molecule has 0 bridgehead atoms. The van der Waals surface area contributed by atoms with Crippen molar-refractivity contribution < 1.29 is 0 Å². The molecule has 0 saturated carbocycles. The van der Waals surface area contributed by atoms with Gasteiger partial charge in [0, 0.05) is 17.5 Å². The maximum atomic E-state index is 5.33. The molecule has 0 aliphatic rings. The summed E-state index contributed by atoms with van der Waals surface area (Å²) in [4.78, 5) is 0. The van der Waals surface area contributed by atoms with Gasteiger partial charge in [-0.05, 0) is 30.7 Å². The van der Waals surface area contributed by atoms with Crippen molar-refractivity contribution in [3.05, 3.63) is 53.3 Å². The van der Waals surface area contributed by atoms with Crippen molar-refractivity contribution in [3.8, 4) is 11.8 Å². The summed E-state index contributed by atoms with van der Waals surface area (Å²) in [6.07, 6.45) is 1.82. The molecular weight excluding hydrogens is 210 g/mol. The summed E-state index contributed by atoms with van der Waals surface area (Å²) >= 11 is 0. The number of rotatable bonds is 2. The Morgan fingerprint density at radius 1 is 1.24 bits per heavy atom. The number of hydrogen-bond donors (Lipinski definition) is 1. The van der Waals surface area contributed by atoms with E-state index >= 15 is 0 Å². The van der Waals surface area contributed by atoms with E-state index in [1.54, 1.807) is 0 Å². The number of hydrogen-bond acceptors (Lipinski definition) is 2. The van der Waals surface area contributed by atoms with Crippen LogP contribution in [0.4, 0.5) is 0 Å². The van der Waals surface area contributed by atoms with Gasteiger partial charge in [-0.25, -0.2) is 0 Å². The number of nitrogens with two attached hydrogens (primary N) is 1. The zero-order valence-corrected chi connectivity index (χ0v) is 9.85. The van der Waals surface area contributed by atoms with Gasteiger partial charge in [-0.2, -0.15) is 5.10 Å². The third-order valence-corrected chi connectivity index (χ3v) is 2.55. The molecule has 0 atom stereocenters. The molecule has 0 spiro atoms. The van der Waals surface area contributed by atoms with Crippen molar-refractivity contribution >= 4 is 0 Å². The number of nitrogens with zero attached hydrogens (tertiary/aromatic N) is 2. The predicted octanol–water partition coefficient (Wildman–Crippen LogP) is 1.55. The molecule has 0 amide bonds. The van der Waals surface area contributed by atoms with Gasteiger partial charge in [0.25, 0.3) is 0 Å². The average molecular weight is 225 g/mol. The lowest BCUT2D eigenvalue weighted by atomic mass is 10.1. The topological polar surface area (TPSA) is 43.8 Å². The van der Waals surface area contributed by atoms with Crippen LogP contribution in [-0.2, 0) is 6.54 Å². The van der Waals surface area contributed by atoms with Crippen molar-refractivity contribution in [2.24, 2.45) is 5.73 Å². The molecule has 0 aliphatic carbocycles. The summed E-state index contributed by atoms with van der Waals surface area (Å²) in [5.41, 5.74) is 8.71. The minimum absolute atomic E-state index is 0.397. The van der Waals surface area contributed by atoms with Gasteiger partial charge in [0.05, 0.1) is 13.1 Å². The molecule has 1 aromatic heterocycles. The second-order valence-electron chi connectivity index (χ2n) is 3.83. The molecule has 2 N–H and O–H groups in total. The fourth-order valence-electron chi connectivity index (χ4n) is 1.58. The summed E-state index contributed by atoms with van der Waals surface area (Å²) in [6.45, 7) is 3.24. The highest BCUT2D eigenvalue weighted by atomic mass is 15.3. The number of aryl methyl sites for hydroxylation is 1. The van der Waals surface area contributed by atoms with Gasteiger partial charge in [0.1, 0.15) is 0 Å². The Hall–Kier alpha value is -2.05. The first-order valence-corrected chi connectivity index (χ1v) is 5.56. The van der Waals surface area contributed by atoms with E-state index in [0.717, 1.165) is 17.8 Å². The van der Waals surface area contributed by atoms with E-state index < -0.39 is 0 Å². The van der Waals surface area contributed by atoms with Crippen LogP contribution in [0.3, 0.4) is 0 Å². The van der Waals surface area contributed by atoms with Crippen LogP contribution in [0.1, 0.15) is 16.8 Å². The second kappa shape index (κ2) is 5.33. The summed E-state index contributed by atoms with van der Waals surface area (Å²) < 4.78 is 1.97. The van der Waals surface area contributed by atoms with Crippen LogP contribution in [0, 0.1) is 18.8 Å². The van der Waals surface area contributed by atoms with E-state index in [1.807, 2.05) is 36.0 Å². The van der Waals surface area contributed by atoms with Gasteiger partial charge >= 0.3 is 0 Å². The molecule has 3 heteroatoms. The largest absolute Gasteiger partial charge is 0.320 e. The first kappa shape index (κ1) is 11.4. The van der Waals surface area contributed by atoms with E-state index in [2.05, 4.69) is 29.1 Å². The third-order valence-electron chi connectivity index (χ3n) is 2.55. The zero-order chi connectivity index (χ0) is 12.1. The molecule has 1 heterocycles. The van der Waals surface area contributed by atoms with E-state index in [4.69, 9.17) is 5.73 Å². The molecule has 1 aromatic carbocycles. The highest BCUT2D eigenvalue weighted by molar-refractivity contribution is 5.36. The van der Waals surface area contributed by atoms with Gasteiger partial charge in [0.2, 0.25) is 0 Å². The van der Waals surface area contributed by atoms with Crippen molar-refractivity contribution in [2.75, 3.05) is 6.54 Å². The van der Waals surface area contributed by atoms with E-state index in [0.29, 0.717) is 6.54 Å². The lowest BCUT2D eigenvalue weighted by molar-refractivity contribution is 0.665. The van der Waals surface area contributed by atoms with E-state index in [9.17, 15) is 0 Å². The monoisotopic (exact) mass is 225 g/mol. The molecule has 17 heavy (non-hydrogen) atoms. The normalized spacial score (nSPS) is 9.76. The summed E-state index contributed by atoms with van der Waals surface area (Å²) in [5, 5.41) is 4.26. The van der Waals surface area contributed by atoms with Crippen LogP contribution in [0.25, 0.3) is 0 Å². The first-order chi connectivity index (χ1) is 8.29. The SMILES string of the molecule is Cc1ccnn1Cc1ccc(C#CCN)cc1. The Kier molecular flexibility index (Phi) is 3.59. The minimum atomic E-state index is 0.397. The summed E-state index contributed by atoms with van der Waals surface area (Å²) in [7, 11) is 0. The lowest BCUT2D eigenvalue weighted by Gasteiger charge is -2.04. The lowest BCUT2D eigenvalue weighted by Crippen LogP contribution is -2.03. The van der Waals surface area contributed by atoms with E-state index in [-0.39, 0.29) is 0 Å². The van der Waals surface area contributed by atoms with Crippen molar-refractivity contribution in [2.45, 2.75) is 13.5 Å². The van der Waals surface area contributed by atoms with Crippen molar-refractivity contribution in [1.29, 1.82) is 0 Å². The quantitative estimate of drug-likeness (QED) is 0.788. The predicted molar refractivity (Wildman–Crippen MR) is 68.4 cm³/mol. The maximum absolute atomic E-state index is 5.33. The molecule has 0 fully saturated rings. The molecule has 3 nitrogen and oxygen atoms in total. The van der Waals surface area contributed by atoms with Crippen molar-refractivity contribution in [1.82, 2.24) is 9.78 Å². The minimum Gasteiger partial charge on any atom is -0.320 e. The molecule has 2 rings (SSSR count). The molecule has 0 aliphatic heterocycles. The Morgan fingerprint density at radius 3 is 2.59 bits per heavy atom. The maximum Gasteiger partial charge on any atom is 0.0662 e. The second-order valence-corrected chi connectivity index (χ2v) is 3.83. The van der Waals surface area contributed by atoms with Crippen LogP contribution < -0.4 is 5.73 Å². The van der Waals surface area contributed by atoms with Gasteiger partial charge in [-0.1, -0.05) is 24.0 Å². The van der Waals surface area contributed by atoms with Crippen molar-refractivity contribution in [3.63, 3.8) is 0 Å². The van der Waals surface area contributed by atoms with E-state index in [1.165, 1.54) is 5.56 Å². The molecule has 0 unspecified atom stereocenters. The fraction of sp³-hybridized carbons (Fsp3) is 0.214. The van der Waals surface area contributed by atoms with Gasteiger partial charge in [-0.3, -0.25) is 4.68 Å². The van der Waals surface area contributed by atoms with Crippen LogP contribution in [0.5, 0.6) is 0 Å². The Bertz CT molecular complexity index is 541. The first-order valence-electron chi connectivity index (χ1n) is 5.56. The van der Waals surface area contributed by atoms with Gasteiger partial charge < -0.3 is 5.73 Å². The van der Waals surface area contributed by atoms with Crippen LogP contribution in [0.2, 0.25) is 0 Å². The Morgan fingerprint density at radius 2 is 2.00 bits per heavy atom. The smallest absolute Gasteiger partial charge is 0.0662 e. The molecular formula is C14H15N3. The Balaban J connectivity index is 2.11. The van der Waals surface area contributed by atoms with Crippen LogP contribution >= 0.6 is 0 Å². The third kappa shape index (κ3) is 2.96. The molecule has 86 valence electrons. The highest BCUT2D eigenvalue weighted by Crippen LogP contribution is 2.06. The standard InChI is InChI=1S/C14H15N3/c1-12-8-10-16-17(12)11-14-6-4-13(5-7-14)3-2-9-15/h4-8,10H,9,11,15H2,1H3. The van der Waals surface area contributed by atoms with Crippen LogP contribution in [-0.4, -0.2) is 16.3 Å². The molecule has 2 aromatic rings. The highest BCUT2D eigenvalue weighted by Gasteiger charge is 1.98. The number of aromatic nitrogens is 2. The molecule has 0 radical (unpaired) electrons. The zero-order valence-electron chi connectivity index (χ0n) is 9.85.